The van der Waals surface area contributed by atoms with Gasteiger partial charge in [-0.1, -0.05) is 6.07 Å². The molecule has 0 spiro atoms. The number of hydrogen-bond donors (Lipinski definition) is 2. The summed E-state index contributed by atoms with van der Waals surface area (Å²) in [5.41, 5.74) is 2.58. The fraction of sp³-hybridized carbons (Fsp3) is 0.385. The molecule has 2 N–H and O–H groups in total. The van der Waals surface area contributed by atoms with E-state index in [0.29, 0.717) is 16.3 Å². The van der Waals surface area contributed by atoms with Crippen LogP contribution in [0.4, 0.5) is 5.13 Å². The number of thiazole rings is 1. The van der Waals surface area contributed by atoms with E-state index in [4.69, 9.17) is 0 Å². The van der Waals surface area contributed by atoms with Gasteiger partial charge in [0.25, 0.3) is 11.8 Å². The predicted octanol–water partition coefficient (Wildman–Crippen LogP) is 5.16. The first-order valence-corrected chi connectivity index (χ1v) is 12.5. The van der Waals surface area contributed by atoms with Crippen molar-refractivity contribution < 1.29 is 9.59 Å². The number of pyridine rings is 1. The molecule has 0 radical (unpaired) electrons. The molecule has 0 saturated heterocycles. The Labute approximate surface area is 196 Å². The largest absolute Gasteiger partial charge is 0.347 e. The van der Waals surface area contributed by atoms with Crippen molar-refractivity contribution in [1.82, 2.24) is 15.3 Å². The highest BCUT2D eigenvalue weighted by atomic mass is 32.1. The molecule has 7 rings (SSSR count). The van der Waals surface area contributed by atoms with E-state index in [2.05, 4.69) is 20.6 Å². The lowest BCUT2D eigenvalue weighted by Gasteiger charge is -2.56. The van der Waals surface area contributed by atoms with Crippen LogP contribution in [-0.2, 0) is 0 Å². The third-order valence-corrected chi connectivity index (χ3v) is 8.24. The summed E-state index contributed by atoms with van der Waals surface area (Å²) in [6.07, 6.45) is 9.14. The van der Waals surface area contributed by atoms with Crippen LogP contribution in [0.1, 0.15) is 59.2 Å². The summed E-state index contributed by atoms with van der Waals surface area (Å²) in [5, 5.41) is 8.62. The number of rotatable bonds is 5. The topological polar surface area (TPSA) is 84.0 Å². The fourth-order valence-electron chi connectivity index (χ4n) is 6.48. The number of aromatic nitrogens is 2. The highest BCUT2D eigenvalue weighted by Gasteiger charge is 2.51. The second-order valence-corrected chi connectivity index (χ2v) is 10.8. The molecular weight excluding hydrogens is 432 g/mol. The van der Waals surface area contributed by atoms with E-state index in [0.717, 1.165) is 48.4 Å². The number of carbonyl (C=O) groups is 2. The van der Waals surface area contributed by atoms with Gasteiger partial charge in [-0.2, -0.15) is 0 Å². The predicted molar refractivity (Wildman–Crippen MR) is 128 cm³/mol. The van der Waals surface area contributed by atoms with Crippen molar-refractivity contribution in [2.75, 3.05) is 5.32 Å². The highest BCUT2D eigenvalue weighted by Crippen LogP contribution is 2.55. The summed E-state index contributed by atoms with van der Waals surface area (Å²) in [4.78, 5) is 34.4. The van der Waals surface area contributed by atoms with Crippen LogP contribution >= 0.6 is 11.3 Å². The van der Waals surface area contributed by atoms with Crippen LogP contribution in [0.15, 0.2) is 54.0 Å². The molecule has 4 aliphatic carbocycles. The lowest BCUT2D eigenvalue weighted by molar-refractivity contribution is -0.0167. The Morgan fingerprint density at radius 2 is 1.48 bits per heavy atom. The van der Waals surface area contributed by atoms with E-state index in [1.54, 1.807) is 30.5 Å². The normalized spacial score (nSPS) is 27.3. The summed E-state index contributed by atoms with van der Waals surface area (Å²) < 4.78 is 0. The fourth-order valence-corrected chi connectivity index (χ4v) is 7.18. The molecule has 4 aliphatic rings. The van der Waals surface area contributed by atoms with Gasteiger partial charge < -0.3 is 5.32 Å². The minimum absolute atomic E-state index is 0.0158. The van der Waals surface area contributed by atoms with E-state index < -0.39 is 0 Å². The van der Waals surface area contributed by atoms with E-state index in [1.807, 2.05) is 23.6 Å². The van der Waals surface area contributed by atoms with Gasteiger partial charge in [-0.3, -0.25) is 19.9 Å². The molecule has 1 aromatic carbocycles. The monoisotopic (exact) mass is 458 g/mol. The van der Waals surface area contributed by atoms with Crippen molar-refractivity contribution in [3.63, 3.8) is 0 Å². The Hall–Kier alpha value is -3.06. The Balaban J connectivity index is 1.10. The number of benzene rings is 1. The molecule has 33 heavy (non-hydrogen) atoms. The number of nitrogens with one attached hydrogen (secondary N) is 2. The molecule has 3 aromatic rings. The maximum atomic E-state index is 13.0. The first kappa shape index (κ1) is 20.5. The van der Waals surface area contributed by atoms with Gasteiger partial charge in [0.2, 0.25) is 0 Å². The standard InChI is InChI=1S/C26H26N4O2S/c31-23(29-25-28-22(15-33-25)21-3-1-2-8-27-21)19-4-6-20(7-5-19)24(32)30-26-12-16-9-17(13-26)11-18(10-16)14-26/h1-8,15-18H,9-14H2,(H,30,32)(H,28,29,31). The first-order chi connectivity index (χ1) is 16.1. The van der Waals surface area contributed by atoms with Gasteiger partial charge in [0.15, 0.2) is 5.13 Å². The van der Waals surface area contributed by atoms with Gasteiger partial charge in [-0.25, -0.2) is 4.98 Å². The molecule has 2 heterocycles. The van der Waals surface area contributed by atoms with Gasteiger partial charge >= 0.3 is 0 Å². The molecule has 6 nitrogen and oxygen atoms in total. The van der Waals surface area contributed by atoms with Gasteiger partial charge in [0.05, 0.1) is 5.69 Å². The summed E-state index contributed by atoms with van der Waals surface area (Å²) >= 11 is 1.36. The smallest absolute Gasteiger partial charge is 0.257 e. The number of hydrogen-bond acceptors (Lipinski definition) is 5. The van der Waals surface area contributed by atoms with Crippen LogP contribution in [0.3, 0.4) is 0 Å². The van der Waals surface area contributed by atoms with Gasteiger partial charge in [0, 0.05) is 28.2 Å². The van der Waals surface area contributed by atoms with Crippen molar-refractivity contribution in [3.05, 3.63) is 65.2 Å². The van der Waals surface area contributed by atoms with E-state index >= 15 is 0 Å². The third kappa shape index (κ3) is 4.06. The molecule has 0 atom stereocenters. The maximum absolute atomic E-state index is 13.0. The van der Waals surface area contributed by atoms with Crippen molar-refractivity contribution >= 4 is 28.3 Å². The average Bonchev–Trinajstić information content (AvgIpc) is 3.27. The van der Waals surface area contributed by atoms with Crippen LogP contribution in [0, 0.1) is 17.8 Å². The number of nitrogens with zero attached hydrogens (tertiary/aromatic N) is 2. The lowest BCUT2D eigenvalue weighted by atomic mass is 9.53. The molecule has 4 saturated carbocycles. The van der Waals surface area contributed by atoms with E-state index in [-0.39, 0.29) is 17.4 Å². The van der Waals surface area contributed by atoms with Gasteiger partial charge in [-0.15, -0.1) is 11.3 Å². The van der Waals surface area contributed by atoms with Crippen molar-refractivity contribution in [1.29, 1.82) is 0 Å². The number of amides is 2. The van der Waals surface area contributed by atoms with Crippen molar-refractivity contribution in [2.24, 2.45) is 17.8 Å². The van der Waals surface area contributed by atoms with Crippen LogP contribution in [0.5, 0.6) is 0 Å². The molecule has 2 aromatic heterocycles. The first-order valence-electron chi connectivity index (χ1n) is 11.7. The maximum Gasteiger partial charge on any atom is 0.257 e. The zero-order valence-electron chi connectivity index (χ0n) is 18.3. The quantitative estimate of drug-likeness (QED) is 0.553. The molecule has 2 amide bonds. The van der Waals surface area contributed by atoms with E-state index in [1.165, 1.54) is 30.6 Å². The Bertz CT molecular complexity index is 1150. The van der Waals surface area contributed by atoms with Gasteiger partial charge in [0.1, 0.15) is 5.69 Å². The van der Waals surface area contributed by atoms with Gasteiger partial charge in [-0.05, 0) is 92.7 Å². The minimum Gasteiger partial charge on any atom is -0.347 e. The summed E-state index contributed by atoms with van der Waals surface area (Å²) in [7, 11) is 0. The molecular formula is C26H26N4O2S. The zero-order valence-corrected chi connectivity index (χ0v) is 19.1. The lowest BCUT2D eigenvalue weighted by Crippen LogP contribution is -2.59. The Morgan fingerprint density at radius 1 is 0.848 bits per heavy atom. The number of carbonyl (C=O) groups excluding carboxylic acids is 2. The van der Waals surface area contributed by atoms with Crippen LogP contribution in [0.25, 0.3) is 11.4 Å². The van der Waals surface area contributed by atoms with E-state index in [9.17, 15) is 9.59 Å². The summed E-state index contributed by atoms with van der Waals surface area (Å²) in [5.74, 6) is 2.08. The summed E-state index contributed by atoms with van der Waals surface area (Å²) in [6.45, 7) is 0. The molecule has 0 unspecified atom stereocenters. The summed E-state index contributed by atoms with van der Waals surface area (Å²) in [6, 6.07) is 12.5. The highest BCUT2D eigenvalue weighted by molar-refractivity contribution is 7.14. The van der Waals surface area contributed by atoms with Crippen LogP contribution in [0.2, 0.25) is 0 Å². The zero-order chi connectivity index (χ0) is 22.4. The average molecular weight is 459 g/mol. The van der Waals surface area contributed by atoms with Crippen molar-refractivity contribution in [3.8, 4) is 11.4 Å². The van der Waals surface area contributed by atoms with Crippen LogP contribution < -0.4 is 10.6 Å². The minimum atomic E-state index is -0.245. The SMILES string of the molecule is O=C(Nc1nc(-c2ccccn2)cs1)c1ccc(C(=O)NC23CC4CC(CC(C4)C2)C3)cc1. The Kier molecular flexibility index (Phi) is 5.02. The third-order valence-electron chi connectivity index (χ3n) is 7.48. The molecule has 0 aliphatic heterocycles. The molecule has 168 valence electrons. The number of anilines is 1. The van der Waals surface area contributed by atoms with Crippen LogP contribution in [-0.4, -0.2) is 27.3 Å². The Morgan fingerprint density at radius 3 is 2.09 bits per heavy atom. The second-order valence-electron chi connectivity index (χ2n) is 9.94. The molecule has 7 heteroatoms. The second kappa shape index (κ2) is 8.06. The molecule has 4 fully saturated rings. The van der Waals surface area contributed by atoms with Crippen molar-refractivity contribution in [2.45, 2.75) is 44.1 Å². The molecule has 4 bridgehead atoms.